The second-order valence-electron chi connectivity index (χ2n) is 4.10. The minimum Gasteiger partial charge on any atom is -0.550 e. The van der Waals surface area contributed by atoms with Gasteiger partial charge in [0.05, 0.1) is 5.56 Å². The standard InChI is InChI=1S/C13H16BrNO4/c14-9-5-6-11(16)10(8-9)13(19)15-7-3-1-2-4-12(17)18/h5-6,8,16H,1-4,7H2,(H,15,19)(H,17,18)/p-1. The Balaban J connectivity index is 2.31. The molecule has 0 unspecified atom stereocenters. The predicted molar refractivity (Wildman–Crippen MR) is 71.6 cm³/mol. The Morgan fingerprint density at radius 2 is 2.00 bits per heavy atom. The molecule has 5 nitrogen and oxygen atoms in total. The molecule has 1 aromatic rings. The summed E-state index contributed by atoms with van der Waals surface area (Å²) in [7, 11) is 0. The Labute approximate surface area is 119 Å². The summed E-state index contributed by atoms with van der Waals surface area (Å²) in [5.41, 5.74) is 0.212. The van der Waals surface area contributed by atoms with Crippen molar-refractivity contribution < 1.29 is 19.8 Å². The highest BCUT2D eigenvalue weighted by Crippen LogP contribution is 2.21. The molecule has 104 valence electrons. The molecule has 0 atom stereocenters. The number of halogens is 1. The van der Waals surface area contributed by atoms with Crippen molar-refractivity contribution in [2.75, 3.05) is 6.54 Å². The molecular formula is C13H15BrNO4-. The number of carbonyl (C=O) groups is 2. The normalized spacial score (nSPS) is 10.2. The SMILES string of the molecule is O=C([O-])CCCCCNC(=O)c1cc(Br)ccc1O. The number of carbonyl (C=O) groups excluding carboxylic acids is 2. The van der Waals surface area contributed by atoms with Crippen molar-refractivity contribution in [2.45, 2.75) is 25.7 Å². The smallest absolute Gasteiger partial charge is 0.255 e. The van der Waals surface area contributed by atoms with E-state index in [1.165, 1.54) is 6.07 Å². The Morgan fingerprint density at radius 3 is 2.68 bits per heavy atom. The highest BCUT2D eigenvalue weighted by atomic mass is 79.9. The first-order valence-corrected chi connectivity index (χ1v) is 6.76. The third-order valence-corrected chi connectivity index (χ3v) is 3.04. The van der Waals surface area contributed by atoms with Crippen LogP contribution in [0.4, 0.5) is 0 Å². The Bertz CT molecular complexity index is 462. The van der Waals surface area contributed by atoms with E-state index in [1.54, 1.807) is 12.1 Å². The van der Waals surface area contributed by atoms with Crippen molar-refractivity contribution in [1.82, 2.24) is 5.32 Å². The summed E-state index contributed by atoms with van der Waals surface area (Å²) in [5, 5.41) is 22.4. The van der Waals surface area contributed by atoms with Crippen LogP contribution in [0.15, 0.2) is 22.7 Å². The molecular weight excluding hydrogens is 314 g/mol. The molecule has 0 spiro atoms. The van der Waals surface area contributed by atoms with Gasteiger partial charge in [-0.25, -0.2) is 0 Å². The van der Waals surface area contributed by atoms with E-state index in [0.717, 1.165) is 0 Å². The van der Waals surface area contributed by atoms with E-state index in [0.29, 0.717) is 30.3 Å². The van der Waals surface area contributed by atoms with Gasteiger partial charge in [0.2, 0.25) is 0 Å². The maximum Gasteiger partial charge on any atom is 0.255 e. The molecule has 1 amide bonds. The molecule has 0 saturated heterocycles. The van der Waals surface area contributed by atoms with Crippen LogP contribution in [0, 0.1) is 0 Å². The fraction of sp³-hybridized carbons (Fsp3) is 0.385. The summed E-state index contributed by atoms with van der Waals surface area (Å²) in [6.45, 7) is 0.442. The van der Waals surface area contributed by atoms with Crippen molar-refractivity contribution in [3.63, 3.8) is 0 Å². The number of phenols is 1. The predicted octanol–water partition coefficient (Wildman–Crippen LogP) is 1.19. The van der Waals surface area contributed by atoms with Gasteiger partial charge in [0.1, 0.15) is 5.75 Å². The fourth-order valence-electron chi connectivity index (χ4n) is 1.56. The van der Waals surface area contributed by atoms with Gasteiger partial charge < -0.3 is 20.3 Å². The fourth-order valence-corrected chi connectivity index (χ4v) is 1.92. The number of nitrogens with one attached hydrogen (secondary N) is 1. The molecule has 0 radical (unpaired) electrons. The third kappa shape index (κ3) is 5.74. The summed E-state index contributed by atoms with van der Waals surface area (Å²) in [5.74, 6) is -1.47. The summed E-state index contributed by atoms with van der Waals surface area (Å²) in [6.07, 6.45) is 1.98. The number of aliphatic carboxylic acids is 1. The average Bonchev–Trinajstić information content (AvgIpc) is 2.36. The first kappa shape index (κ1) is 15.5. The lowest BCUT2D eigenvalue weighted by Crippen LogP contribution is -2.25. The highest BCUT2D eigenvalue weighted by Gasteiger charge is 2.10. The molecule has 0 saturated carbocycles. The van der Waals surface area contributed by atoms with Crippen molar-refractivity contribution in [3.8, 4) is 5.75 Å². The minimum absolute atomic E-state index is 0.0420. The van der Waals surface area contributed by atoms with Gasteiger partial charge >= 0.3 is 0 Å². The van der Waals surface area contributed by atoms with Crippen molar-refractivity contribution >= 4 is 27.8 Å². The lowest BCUT2D eigenvalue weighted by atomic mass is 10.1. The number of hydrogen-bond donors (Lipinski definition) is 2. The maximum atomic E-state index is 11.8. The Hall–Kier alpha value is -1.56. The van der Waals surface area contributed by atoms with Crippen LogP contribution in [0.2, 0.25) is 0 Å². The number of phenolic OH excluding ortho intramolecular Hbond substituents is 1. The molecule has 2 N–H and O–H groups in total. The van der Waals surface area contributed by atoms with Crippen LogP contribution in [0.5, 0.6) is 5.75 Å². The van der Waals surface area contributed by atoms with Gasteiger partial charge in [-0.3, -0.25) is 4.79 Å². The lowest BCUT2D eigenvalue weighted by molar-refractivity contribution is -0.305. The molecule has 1 rings (SSSR count). The van der Waals surface area contributed by atoms with Crippen molar-refractivity contribution in [2.24, 2.45) is 0 Å². The van der Waals surface area contributed by atoms with Gasteiger partial charge in [0.15, 0.2) is 0 Å². The molecule has 1 aromatic carbocycles. The molecule has 0 heterocycles. The zero-order valence-electron chi connectivity index (χ0n) is 10.3. The van der Waals surface area contributed by atoms with Crippen LogP contribution in [0.1, 0.15) is 36.0 Å². The quantitative estimate of drug-likeness (QED) is 0.736. The first-order chi connectivity index (χ1) is 9.00. The highest BCUT2D eigenvalue weighted by molar-refractivity contribution is 9.10. The van der Waals surface area contributed by atoms with Gasteiger partial charge in [-0.05, 0) is 37.5 Å². The molecule has 19 heavy (non-hydrogen) atoms. The third-order valence-electron chi connectivity index (χ3n) is 2.55. The largest absolute Gasteiger partial charge is 0.550 e. The van der Waals surface area contributed by atoms with Gasteiger partial charge in [0, 0.05) is 17.0 Å². The van der Waals surface area contributed by atoms with Crippen LogP contribution >= 0.6 is 15.9 Å². The van der Waals surface area contributed by atoms with Crippen molar-refractivity contribution in [1.29, 1.82) is 0 Å². The number of amides is 1. The van der Waals surface area contributed by atoms with Crippen LogP contribution in [-0.2, 0) is 4.79 Å². The van der Waals surface area contributed by atoms with Gasteiger partial charge in [-0.15, -0.1) is 0 Å². The zero-order chi connectivity index (χ0) is 14.3. The van der Waals surface area contributed by atoms with E-state index in [9.17, 15) is 19.8 Å². The van der Waals surface area contributed by atoms with E-state index in [2.05, 4.69) is 21.2 Å². The maximum absolute atomic E-state index is 11.8. The number of carboxylic acids is 1. The average molecular weight is 329 g/mol. The minimum atomic E-state index is -1.05. The number of unbranched alkanes of at least 4 members (excludes halogenated alkanes) is 2. The van der Waals surface area contributed by atoms with Gasteiger partial charge in [-0.2, -0.15) is 0 Å². The number of hydrogen-bond acceptors (Lipinski definition) is 4. The molecule has 6 heteroatoms. The number of carboxylic acid groups (broad SMARTS) is 1. The molecule has 0 aromatic heterocycles. The molecule has 0 aliphatic rings. The monoisotopic (exact) mass is 328 g/mol. The van der Waals surface area contributed by atoms with E-state index in [4.69, 9.17) is 0 Å². The van der Waals surface area contributed by atoms with Crippen LogP contribution in [0.25, 0.3) is 0 Å². The molecule has 0 aliphatic carbocycles. The van der Waals surface area contributed by atoms with Gasteiger partial charge in [0.25, 0.3) is 5.91 Å². The topological polar surface area (TPSA) is 89.5 Å². The van der Waals surface area contributed by atoms with E-state index >= 15 is 0 Å². The summed E-state index contributed by atoms with van der Waals surface area (Å²) in [4.78, 5) is 21.9. The molecule has 0 bridgehead atoms. The van der Waals surface area contributed by atoms with E-state index in [-0.39, 0.29) is 23.6 Å². The lowest BCUT2D eigenvalue weighted by Gasteiger charge is -2.07. The van der Waals surface area contributed by atoms with E-state index in [1.807, 2.05) is 0 Å². The zero-order valence-corrected chi connectivity index (χ0v) is 11.9. The molecule has 0 aliphatic heterocycles. The summed E-state index contributed by atoms with van der Waals surface area (Å²) < 4.78 is 0.712. The van der Waals surface area contributed by atoms with Gasteiger partial charge in [-0.1, -0.05) is 22.4 Å². The Kier molecular flexibility index (Phi) is 6.35. The number of benzene rings is 1. The number of aromatic hydroxyl groups is 1. The van der Waals surface area contributed by atoms with Crippen LogP contribution in [0.3, 0.4) is 0 Å². The second-order valence-corrected chi connectivity index (χ2v) is 5.02. The van der Waals surface area contributed by atoms with E-state index < -0.39 is 5.97 Å². The second kappa shape index (κ2) is 7.78. The number of rotatable bonds is 7. The summed E-state index contributed by atoms with van der Waals surface area (Å²) in [6, 6.07) is 4.63. The van der Waals surface area contributed by atoms with Crippen LogP contribution in [-0.4, -0.2) is 23.5 Å². The van der Waals surface area contributed by atoms with Crippen LogP contribution < -0.4 is 10.4 Å². The molecule has 0 fully saturated rings. The summed E-state index contributed by atoms with van der Waals surface area (Å²) >= 11 is 3.23. The van der Waals surface area contributed by atoms with Crippen molar-refractivity contribution in [3.05, 3.63) is 28.2 Å². The Morgan fingerprint density at radius 1 is 1.26 bits per heavy atom. The first-order valence-electron chi connectivity index (χ1n) is 5.97.